The van der Waals surface area contributed by atoms with Gasteiger partial charge in [-0.15, -0.1) is 0 Å². The Kier molecular flexibility index (Phi) is 9.04. The van der Waals surface area contributed by atoms with Gasteiger partial charge in [-0.05, 0) is 38.5 Å². The van der Waals surface area contributed by atoms with Crippen molar-refractivity contribution in [3.63, 3.8) is 0 Å². The molecule has 0 amide bonds. The maximum Gasteiger partial charge on any atom is 0.294 e. The summed E-state index contributed by atoms with van der Waals surface area (Å²) in [6, 6.07) is 8.79. The van der Waals surface area contributed by atoms with Crippen LogP contribution in [0.5, 0.6) is 0 Å². The minimum Gasteiger partial charge on any atom is -0.369 e. The summed E-state index contributed by atoms with van der Waals surface area (Å²) in [6.07, 6.45) is 1.55. The Hall–Kier alpha value is -3.33. The SMILES string of the molecule is CCN(Cc1ccc(Cl)nc1)/C(NC)=C(/C(c1ccccc1F)C(C(C)=O)C(C)=O)[N+](=O)[O-]. The number of allylic oxidation sites excluding steroid dienone is 1. The number of Topliss-reactive ketones (excluding diaryl/α,β-unsaturated/α-hetero) is 2. The standard InChI is InChI=1S/C23H26ClFN4O4/c1-5-28(13-16-10-11-19(24)27-12-16)23(26-4)22(29(32)33)21(20(14(2)30)15(3)31)17-8-6-7-9-18(17)25/h6-12,20-21,26H,5,13H2,1-4H3/b23-22-. The van der Waals surface area contributed by atoms with E-state index in [4.69, 9.17) is 11.6 Å². The van der Waals surface area contributed by atoms with Gasteiger partial charge in [-0.1, -0.05) is 35.9 Å². The number of hydrogen-bond donors (Lipinski definition) is 1. The molecule has 0 spiro atoms. The lowest BCUT2D eigenvalue weighted by Gasteiger charge is -2.29. The number of hydrogen-bond acceptors (Lipinski definition) is 7. The number of carbonyl (C=O) groups is 2. The topological polar surface area (TPSA) is 105 Å². The molecule has 0 fully saturated rings. The molecule has 2 aromatic rings. The van der Waals surface area contributed by atoms with Crippen LogP contribution in [0.25, 0.3) is 0 Å². The Bertz CT molecular complexity index is 1040. The number of rotatable bonds is 11. The van der Waals surface area contributed by atoms with Crippen LogP contribution in [0.2, 0.25) is 5.15 Å². The molecule has 1 atom stereocenters. The summed E-state index contributed by atoms with van der Waals surface area (Å²) in [6.45, 7) is 4.71. The number of ketones is 2. The maximum atomic E-state index is 14.9. The molecule has 1 unspecified atom stereocenters. The van der Waals surface area contributed by atoms with Crippen LogP contribution in [-0.4, -0.2) is 40.0 Å². The molecule has 0 aliphatic carbocycles. The van der Waals surface area contributed by atoms with Crippen molar-refractivity contribution in [1.29, 1.82) is 0 Å². The normalized spacial score (nSPS) is 12.7. The largest absolute Gasteiger partial charge is 0.369 e. The van der Waals surface area contributed by atoms with Gasteiger partial charge in [0.05, 0.1) is 16.8 Å². The number of benzene rings is 1. The fourth-order valence-electron chi connectivity index (χ4n) is 3.83. The molecular formula is C23H26ClFN4O4. The van der Waals surface area contributed by atoms with Crippen molar-refractivity contribution in [2.24, 2.45) is 5.92 Å². The van der Waals surface area contributed by atoms with Gasteiger partial charge in [-0.3, -0.25) is 19.7 Å². The molecule has 0 bridgehead atoms. The first-order valence-corrected chi connectivity index (χ1v) is 10.7. The summed E-state index contributed by atoms with van der Waals surface area (Å²) < 4.78 is 14.9. The zero-order valence-corrected chi connectivity index (χ0v) is 19.6. The van der Waals surface area contributed by atoms with Crippen molar-refractivity contribution in [2.45, 2.75) is 33.2 Å². The number of pyridine rings is 1. The Morgan fingerprint density at radius 3 is 2.30 bits per heavy atom. The van der Waals surface area contributed by atoms with Crippen LogP contribution in [0.3, 0.4) is 0 Å². The highest BCUT2D eigenvalue weighted by Gasteiger charge is 2.44. The van der Waals surface area contributed by atoms with Crippen molar-refractivity contribution in [3.8, 4) is 0 Å². The van der Waals surface area contributed by atoms with E-state index in [0.29, 0.717) is 11.7 Å². The summed E-state index contributed by atoms with van der Waals surface area (Å²) in [5, 5.41) is 15.5. The third-order valence-electron chi connectivity index (χ3n) is 5.28. The van der Waals surface area contributed by atoms with Crippen LogP contribution in [0.15, 0.2) is 54.1 Å². The van der Waals surface area contributed by atoms with E-state index in [9.17, 15) is 24.1 Å². The molecule has 0 saturated carbocycles. The lowest BCUT2D eigenvalue weighted by molar-refractivity contribution is -0.433. The van der Waals surface area contributed by atoms with Gasteiger partial charge in [0.2, 0.25) is 0 Å². The van der Waals surface area contributed by atoms with Gasteiger partial charge in [0.1, 0.15) is 22.5 Å². The molecule has 10 heteroatoms. The predicted octanol–water partition coefficient (Wildman–Crippen LogP) is 3.94. The van der Waals surface area contributed by atoms with Gasteiger partial charge in [-0.25, -0.2) is 9.37 Å². The second kappa shape index (κ2) is 11.5. The number of nitrogens with one attached hydrogen (secondary N) is 1. The van der Waals surface area contributed by atoms with E-state index in [1.165, 1.54) is 39.1 Å². The number of halogens is 2. The lowest BCUT2D eigenvalue weighted by atomic mass is 9.78. The molecule has 1 aromatic heterocycles. The average Bonchev–Trinajstić information content (AvgIpc) is 2.76. The van der Waals surface area contributed by atoms with Crippen LogP contribution in [0.4, 0.5) is 4.39 Å². The summed E-state index contributed by atoms with van der Waals surface area (Å²) >= 11 is 5.85. The molecule has 1 N–H and O–H groups in total. The van der Waals surface area contributed by atoms with Crippen molar-refractivity contribution in [3.05, 3.63) is 86.3 Å². The highest BCUT2D eigenvalue weighted by molar-refractivity contribution is 6.29. The fourth-order valence-corrected chi connectivity index (χ4v) is 3.94. The molecule has 2 rings (SSSR count). The molecule has 1 aromatic carbocycles. The molecule has 8 nitrogen and oxygen atoms in total. The van der Waals surface area contributed by atoms with Gasteiger partial charge in [0.15, 0.2) is 5.82 Å². The highest BCUT2D eigenvalue weighted by atomic mass is 35.5. The zero-order chi connectivity index (χ0) is 24.7. The van der Waals surface area contributed by atoms with E-state index in [1.807, 2.05) is 0 Å². The Balaban J connectivity index is 2.78. The minimum atomic E-state index is -1.43. The molecule has 0 saturated heterocycles. The molecular weight excluding hydrogens is 451 g/mol. The van der Waals surface area contributed by atoms with Gasteiger partial charge < -0.3 is 10.2 Å². The van der Waals surface area contributed by atoms with Crippen LogP contribution in [-0.2, 0) is 16.1 Å². The monoisotopic (exact) mass is 476 g/mol. The smallest absolute Gasteiger partial charge is 0.294 e. The number of nitro groups is 1. The third-order valence-corrected chi connectivity index (χ3v) is 5.50. The first kappa shape index (κ1) is 25.9. The number of aromatic nitrogens is 1. The van der Waals surface area contributed by atoms with E-state index in [1.54, 1.807) is 30.2 Å². The van der Waals surface area contributed by atoms with Crippen LogP contribution < -0.4 is 5.32 Å². The van der Waals surface area contributed by atoms with Crippen molar-refractivity contribution >= 4 is 23.2 Å². The zero-order valence-electron chi connectivity index (χ0n) is 18.8. The van der Waals surface area contributed by atoms with Gasteiger partial charge in [-0.2, -0.15) is 0 Å². The molecule has 33 heavy (non-hydrogen) atoms. The number of carbonyl (C=O) groups excluding carboxylic acids is 2. The van der Waals surface area contributed by atoms with Gasteiger partial charge >= 0.3 is 0 Å². The Morgan fingerprint density at radius 1 is 1.21 bits per heavy atom. The highest BCUT2D eigenvalue weighted by Crippen LogP contribution is 2.37. The van der Waals surface area contributed by atoms with E-state index in [2.05, 4.69) is 10.3 Å². The maximum absolute atomic E-state index is 14.9. The average molecular weight is 477 g/mol. The molecule has 1 heterocycles. The first-order chi connectivity index (χ1) is 15.6. The van der Waals surface area contributed by atoms with E-state index in [-0.39, 0.29) is 17.9 Å². The second-order valence-electron chi connectivity index (χ2n) is 7.44. The molecule has 0 aliphatic rings. The quantitative estimate of drug-likeness (QED) is 0.226. The minimum absolute atomic E-state index is 0.0678. The molecule has 0 radical (unpaired) electrons. The number of nitrogens with zero attached hydrogens (tertiary/aromatic N) is 3. The summed E-state index contributed by atoms with van der Waals surface area (Å²) in [5.41, 5.74) is 0.159. The van der Waals surface area contributed by atoms with E-state index < -0.39 is 39.8 Å². The lowest BCUT2D eigenvalue weighted by Crippen LogP contribution is -2.37. The van der Waals surface area contributed by atoms with Crippen molar-refractivity contribution in [2.75, 3.05) is 13.6 Å². The van der Waals surface area contributed by atoms with Crippen LogP contribution in [0.1, 0.15) is 37.8 Å². The summed E-state index contributed by atoms with van der Waals surface area (Å²) in [7, 11) is 1.50. The van der Waals surface area contributed by atoms with Crippen molar-refractivity contribution < 1.29 is 18.9 Å². The second-order valence-corrected chi connectivity index (χ2v) is 7.83. The Morgan fingerprint density at radius 2 is 1.85 bits per heavy atom. The fraction of sp³-hybridized carbons (Fsp3) is 0.348. The Labute approximate surface area is 196 Å². The molecule has 176 valence electrons. The van der Waals surface area contributed by atoms with E-state index >= 15 is 0 Å². The van der Waals surface area contributed by atoms with E-state index in [0.717, 1.165) is 11.6 Å². The predicted molar refractivity (Wildman–Crippen MR) is 122 cm³/mol. The third kappa shape index (κ3) is 6.13. The van der Waals surface area contributed by atoms with Crippen LogP contribution in [0, 0.1) is 21.8 Å². The summed E-state index contributed by atoms with van der Waals surface area (Å²) in [5.74, 6) is -4.71. The summed E-state index contributed by atoms with van der Waals surface area (Å²) in [4.78, 5) is 42.4. The van der Waals surface area contributed by atoms with Crippen molar-refractivity contribution in [1.82, 2.24) is 15.2 Å². The first-order valence-electron chi connectivity index (χ1n) is 10.3. The van der Waals surface area contributed by atoms with Gasteiger partial charge in [0, 0.05) is 31.9 Å². The molecule has 0 aliphatic heterocycles. The van der Waals surface area contributed by atoms with Crippen LogP contribution >= 0.6 is 11.6 Å². The van der Waals surface area contributed by atoms with Gasteiger partial charge in [0.25, 0.3) is 5.70 Å².